The predicted octanol–water partition coefficient (Wildman–Crippen LogP) is 1.96. The molecule has 0 fully saturated rings. The Morgan fingerprint density at radius 3 is 2.94 bits per heavy atom. The highest BCUT2D eigenvalue weighted by atomic mass is 79.9. The smallest absolute Gasteiger partial charge is 0.175 e. The minimum atomic E-state index is 0.485. The van der Waals surface area contributed by atoms with Gasteiger partial charge >= 0.3 is 0 Å². The molecule has 1 aromatic carbocycles. The topological polar surface area (TPSA) is 53.7 Å². The Morgan fingerprint density at radius 1 is 1.44 bits per heavy atom. The average molecular weight is 288 g/mol. The van der Waals surface area contributed by atoms with Crippen LogP contribution in [0, 0.1) is 6.92 Å². The van der Waals surface area contributed by atoms with Crippen molar-refractivity contribution in [3.05, 3.63) is 21.7 Å². The largest absolute Gasteiger partial charge is 0.486 e. The third-order valence-corrected chi connectivity index (χ3v) is 3.41. The van der Waals surface area contributed by atoms with E-state index in [9.17, 15) is 0 Å². The molecular weight excluding hydrogens is 274 g/mol. The number of hydrogen-bond acceptors (Lipinski definition) is 4. The summed E-state index contributed by atoms with van der Waals surface area (Å²) in [7, 11) is 0. The molecule has 0 atom stereocenters. The average Bonchev–Trinajstić information content (AvgIpc) is 2.29. The van der Waals surface area contributed by atoms with Crippen molar-refractivity contribution in [3.8, 4) is 11.5 Å². The molecule has 0 spiro atoms. The normalized spacial score (nSPS) is 13.9. The van der Waals surface area contributed by atoms with Gasteiger partial charge in [0, 0.05) is 0 Å². The van der Waals surface area contributed by atoms with E-state index in [0.29, 0.717) is 19.8 Å². The van der Waals surface area contributed by atoms with Crippen molar-refractivity contribution in [2.45, 2.75) is 13.3 Å². The van der Waals surface area contributed by atoms with Gasteiger partial charge in [-0.3, -0.25) is 0 Å². The number of aryl methyl sites for hydroxylation is 1. The second-order valence-electron chi connectivity index (χ2n) is 3.63. The number of nitrogens with two attached hydrogens (primary N) is 1. The molecule has 88 valence electrons. The number of hydrogen-bond donors (Lipinski definition) is 1. The van der Waals surface area contributed by atoms with Crippen LogP contribution in [0.3, 0.4) is 0 Å². The van der Waals surface area contributed by atoms with Gasteiger partial charge in [-0.15, -0.1) is 0 Å². The van der Waals surface area contributed by atoms with Gasteiger partial charge in [-0.2, -0.15) is 0 Å². The van der Waals surface area contributed by atoms with Crippen LogP contribution >= 0.6 is 15.9 Å². The quantitative estimate of drug-likeness (QED) is 0.864. The number of benzene rings is 1. The minimum Gasteiger partial charge on any atom is -0.486 e. The zero-order chi connectivity index (χ0) is 11.5. The Kier molecular flexibility index (Phi) is 3.68. The van der Waals surface area contributed by atoms with E-state index in [-0.39, 0.29) is 0 Å². The standard InChI is InChI=1S/C11H14BrNO3/c1-7-6-9-11(15-5-4-14-9)10(12)8(7)2-3-16-13/h6H,2-5,13H2,1H3. The maximum Gasteiger partial charge on any atom is 0.175 e. The minimum absolute atomic E-state index is 0.485. The summed E-state index contributed by atoms with van der Waals surface area (Å²) in [6.07, 6.45) is 0.750. The third-order valence-electron chi connectivity index (χ3n) is 2.57. The maximum atomic E-state index is 5.59. The highest BCUT2D eigenvalue weighted by Crippen LogP contribution is 2.41. The summed E-state index contributed by atoms with van der Waals surface area (Å²) in [5.41, 5.74) is 2.29. The summed E-state index contributed by atoms with van der Waals surface area (Å²) in [4.78, 5) is 4.61. The van der Waals surface area contributed by atoms with E-state index in [1.165, 1.54) is 0 Å². The highest BCUT2D eigenvalue weighted by Gasteiger charge is 2.19. The summed E-state index contributed by atoms with van der Waals surface area (Å²) < 4.78 is 12.1. The van der Waals surface area contributed by atoms with Gasteiger partial charge < -0.3 is 14.3 Å². The van der Waals surface area contributed by atoms with Crippen LogP contribution in [0.5, 0.6) is 11.5 Å². The van der Waals surface area contributed by atoms with Crippen LogP contribution in [0.25, 0.3) is 0 Å². The molecular formula is C11H14BrNO3. The van der Waals surface area contributed by atoms with Crippen LogP contribution in [-0.2, 0) is 11.3 Å². The van der Waals surface area contributed by atoms with Crippen LogP contribution in [-0.4, -0.2) is 19.8 Å². The highest BCUT2D eigenvalue weighted by molar-refractivity contribution is 9.10. The van der Waals surface area contributed by atoms with Crippen molar-refractivity contribution >= 4 is 15.9 Å². The third kappa shape index (κ3) is 2.16. The van der Waals surface area contributed by atoms with Crippen LogP contribution in [0.4, 0.5) is 0 Å². The van der Waals surface area contributed by atoms with Crippen LogP contribution < -0.4 is 15.4 Å². The Bertz CT molecular complexity index is 395. The van der Waals surface area contributed by atoms with E-state index in [1.54, 1.807) is 0 Å². The zero-order valence-corrected chi connectivity index (χ0v) is 10.7. The lowest BCUT2D eigenvalue weighted by Crippen LogP contribution is -2.17. The van der Waals surface area contributed by atoms with Crippen molar-refractivity contribution in [3.63, 3.8) is 0 Å². The van der Waals surface area contributed by atoms with E-state index in [0.717, 1.165) is 33.5 Å². The van der Waals surface area contributed by atoms with Gasteiger partial charge in [-0.05, 0) is 46.5 Å². The molecule has 0 aromatic heterocycles. The molecule has 0 saturated carbocycles. The van der Waals surface area contributed by atoms with E-state index < -0.39 is 0 Å². The fourth-order valence-corrected chi connectivity index (χ4v) is 2.59. The van der Waals surface area contributed by atoms with E-state index >= 15 is 0 Å². The Labute approximate surface area is 103 Å². The summed E-state index contributed by atoms with van der Waals surface area (Å²) >= 11 is 3.55. The first-order valence-electron chi connectivity index (χ1n) is 5.13. The fraction of sp³-hybridized carbons (Fsp3) is 0.455. The van der Waals surface area contributed by atoms with E-state index in [4.69, 9.17) is 15.4 Å². The van der Waals surface area contributed by atoms with Crippen molar-refractivity contribution in [2.24, 2.45) is 5.90 Å². The maximum absolute atomic E-state index is 5.59. The van der Waals surface area contributed by atoms with Crippen molar-refractivity contribution in [1.29, 1.82) is 0 Å². The molecule has 0 aliphatic carbocycles. The van der Waals surface area contributed by atoms with E-state index in [1.807, 2.05) is 13.0 Å². The van der Waals surface area contributed by atoms with Crippen molar-refractivity contribution in [1.82, 2.24) is 0 Å². The molecule has 1 aliphatic rings. The number of halogens is 1. The zero-order valence-electron chi connectivity index (χ0n) is 9.09. The lowest BCUT2D eigenvalue weighted by atomic mass is 10.0. The molecule has 1 heterocycles. The van der Waals surface area contributed by atoms with E-state index in [2.05, 4.69) is 20.8 Å². The Morgan fingerprint density at radius 2 is 2.19 bits per heavy atom. The molecule has 1 aromatic rings. The van der Waals surface area contributed by atoms with Gasteiger partial charge in [0.25, 0.3) is 0 Å². The molecule has 2 rings (SSSR count). The van der Waals surface area contributed by atoms with Gasteiger partial charge in [0.2, 0.25) is 0 Å². The molecule has 0 amide bonds. The summed E-state index contributed by atoms with van der Waals surface area (Å²) in [6, 6.07) is 1.99. The molecule has 0 unspecified atom stereocenters. The van der Waals surface area contributed by atoms with Crippen LogP contribution in [0.2, 0.25) is 0 Å². The number of fused-ring (bicyclic) bond motifs is 1. The van der Waals surface area contributed by atoms with Gasteiger partial charge in [0.1, 0.15) is 13.2 Å². The molecule has 4 nitrogen and oxygen atoms in total. The fourth-order valence-electron chi connectivity index (χ4n) is 1.77. The lowest BCUT2D eigenvalue weighted by molar-refractivity contribution is 0.140. The SMILES string of the molecule is Cc1cc2c(c(Br)c1CCON)OCCO2. The summed E-state index contributed by atoms with van der Waals surface area (Å²) in [6.45, 7) is 3.71. The van der Waals surface area contributed by atoms with Gasteiger partial charge in [-0.25, -0.2) is 5.90 Å². The Hall–Kier alpha value is -0.780. The van der Waals surface area contributed by atoms with Gasteiger partial charge in [-0.1, -0.05) is 0 Å². The first-order chi connectivity index (χ1) is 7.74. The second-order valence-corrected chi connectivity index (χ2v) is 4.42. The molecule has 0 bridgehead atoms. The molecule has 0 saturated heterocycles. The number of ether oxygens (including phenoxy) is 2. The Balaban J connectivity index is 2.37. The molecule has 1 aliphatic heterocycles. The summed E-state index contributed by atoms with van der Waals surface area (Å²) in [5, 5.41) is 0. The molecule has 5 heteroatoms. The molecule has 16 heavy (non-hydrogen) atoms. The van der Waals surface area contributed by atoms with Crippen LogP contribution in [0.15, 0.2) is 10.5 Å². The van der Waals surface area contributed by atoms with Crippen molar-refractivity contribution in [2.75, 3.05) is 19.8 Å². The van der Waals surface area contributed by atoms with Gasteiger partial charge in [0.05, 0.1) is 11.1 Å². The second kappa shape index (κ2) is 5.03. The predicted molar refractivity (Wildman–Crippen MR) is 63.7 cm³/mol. The number of rotatable bonds is 3. The molecule has 2 N–H and O–H groups in total. The van der Waals surface area contributed by atoms with Crippen LogP contribution in [0.1, 0.15) is 11.1 Å². The molecule has 0 radical (unpaired) electrons. The first-order valence-corrected chi connectivity index (χ1v) is 5.92. The summed E-state index contributed by atoms with van der Waals surface area (Å²) in [5.74, 6) is 6.62. The first kappa shape index (κ1) is 11.7. The lowest BCUT2D eigenvalue weighted by Gasteiger charge is -2.22. The van der Waals surface area contributed by atoms with Crippen molar-refractivity contribution < 1.29 is 14.3 Å². The monoisotopic (exact) mass is 287 g/mol. The van der Waals surface area contributed by atoms with Gasteiger partial charge in [0.15, 0.2) is 11.5 Å².